The molecule has 1 aliphatic carbocycles. The summed E-state index contributed by atoms with van der Waals surface area (Å²) in [7, 11) is 4.01. The van der Waals surface area contributed by atoms with E-state index in [1.54, 1.807) is 0 Å². The Bertz CT molecular complexity index is 372. The van der Waals surface area contributed by atoms with Crippen LogP contribution in [0.15, 0.2) is 0 Å². The summed E-state index contributed by atoms with van der Waals surface area (Å²) in [5.74, 6) is -0.948. The Kier molecular flexibility index (Phi) is 6.20. The third kappa shape index (κ3) is 5.65. The largest absolute Gasteiger partial charge is 0.481 e. The molecule has 0 aliphatic heterocycles. The maximum Gasteiger partial charge on any atom is 0.310 e. The molecule has 0 unspecified atom stereocenters. The highest BCUT2D eigenvalue weighted by atomic mass is 16.4. The quantitative estimate of drug-likeness (QED) is 0.755. The lowest BCUT2D eigenvalue weighted by atomic mass is 9.71. The van der Waals surface area contributed by atoms with Crippen LogP contribution in [0.25, 0.3) is 0 Å². The first-order valence-electron chi connectivity index (χ1n) is 7.82. The highest BCUT2D eigenvalue weighted by Crippen LogP contribution is 2.39. The van der Waals surface area contributed by atoms with Crippen LogP contribution in [-0.2, 0) is 9.59 Å². The fourth-order valence-electron chi connectivity index (χ4n) is 3.31. The number of carboxylic acids is 1. The number of carboxylic acid groups (broad SMARTS) is 1. The lowest BCUT2D eigenvalue weighted by Crippen LogP contribution is -2.43. The molecule has 0 heterocycles. The van der Waals surface area contributed by atoms with E-state index in [0.717, 1.165) is 25.8 Å². The summed E-state index contributed by atoms with van der Waals surface area (Å²) in [5.41, 5.74) is -0.865. The van der Waals surface area contributed by atoms with Gasteiger partial charge in [0.05, 0.1) is 5.41 Å². The van der Waals surface area contributed by atoms with E-state index in [0.29, 0.717) is 19.4 Å². The van der Waals surface area contributed by atoms with Gasteiger partial charge in [-0.2, -0.15) is 0 Å². The molecule has 0 aromatic carbocycles. The Morgan fingerprint density at radius 2 is 1.76 bits per heavy atom. The molecule has 2 N–H and O–H groups in total. The summed E-state index contributed by atoms with van der Waals surface area (Å²) in [5, 5.41) is 12.4. The van der Waals surface area contributed by atoms with Crippen LogP contribution in [-0.4, -0.2) is 49.1 Å². The third-order valence-electron chi connectivity index (χ3n) is 4.27. The van der Waals surface area contributed by atoms with Crippen molar-refractivity contribution in [3.8, 4) is 0 Å². The SMILES string of the molecule is CN(C)CC(C)(C)CNC(=O)CC1(C(=O)O)CCCCC1. The fraction of sp³-hybridized carbons (Fsp3) is 0.875. The van der Waals surface area contributed by atoms with Crippen LogP contribution in [0.2, 0.25) is 0 Å². The minimum absolute atomic E-state index is 0.0257. The predicted octanol–water partition coefficient (Wildman–Crippen LogP) is 2.12. The van der Waals surface area contributed by atoms with Crippen molar-refractivity contribution in [3.63, 3.8) is 0 Å². The van der Waals surface area contributed by atoms with Crippen molar-refractivity contribution in [2.24, 2.45) is 10.8 Å². The summed E-state index contributed by atoms with van der Waals surface area (Å²) in [6, 6.07) is 0. The van der Waals surface area contributed by atoms with Gasteiger partial charge in [0.2, 0.25) is 5.91 Å². The van der Waals surface area contributed by atoms with E-state index in [4.69, 9.17) is 0 Å². The zero-order valence-corrected chi connectivity index (χ0v) is 13.9. The average Bonchev–Trinajstić information content (AvgIpc) is 2.36. The minimum Gasteiger partial charge on any atom is -0.481 e. The van der Waals surface area contributed by atoms with Crippen LogP contribution >= 0.6 is 0 Å². The lowest BCUT2D eigenvalue weighted by Gasteiger charge is -2.33. The second-order valence-electron chi connectivity index (χ2n) is 7.50. The van der Waals surface area contributed by atoms with Crippen molar-refractivity contribution in [2.45, 2.75) is 52.4 Å². The van der Waals surface area contributed by atoms with Gasteiger partial charge in [0.25, 0.3) is 0 Å². The molecule has 0 radical (unpaired) electrons. The molecule has 0 aromatic heterocycles. The Labute approximate surface area is 128 Å². The molecule has 0 atom stereocenters. The van der Waals surface area contributed by atoms with Crippen LogP contribution in [0.1, 0.15) is 52.4 Å². The molecule has 1 aliphatic rings. The van der Waals surface area contributed by atoms with Crippen molar-refractivity contribution >= 4 is 11.9 Å². The van der Waals surface area contributed by atoms with E-state index in [9.17, 15) is 14.7 Å². The van der Waals surface area contributed by atoms with Crippen molar-refractivity contribution in [2.75, 3.05) is 27.2 Å². The number of carbonyl (C=O) groups excluding carboxylic acids is 1. The molecular weight excluding hydrogens is 268 g/mol. The first-order valence-corrected chi connectivity index (χ1v) is 7.82. The first kappa shape index (κ1) is 18.0. The monoisotopic (exact) mass is 298 g/mol. The molecule has 1 saturated carbocycles. The number of aliphatic carboxylic acids is 1. The van der Waals surface area contributed by atoms with Crippen molar-refractivity contribution in [3.05, 3.63) is 0 Å². The Morgan fingerprint density at radius 3 is 2.24 bits per heavy atom. The lowest BCUT2D eigenvalue weighted by molar-refractivity contribution is -0.154. The van der Waals surface area contributed by atoms with E-state index >= 15 is 0 Å². The van der Waals surface area contributed by atoms with E-state index in [-0.39, 0.29) is 17.7 Å². The topological polar surface area (TPSA) is 69.6 Å². The number of rotatable bonds is 7. The van der Waals surface area contributed by atoms with E-state index < -0.39 is 11.4 Å². The van der Waals surface area contributed by atoms with Gasteiger partial charge in [0.15, 0.2) is 0 Å². The summed E-state index contributed by atoms with van der Waals surface area (Å²) in [6.45, 7) is 5.64. The fourth-order valence-corrected chi connectivity index (χ4v) is 3.31. The molecule has 0 bridgehead atoms. The summed E-state index contributed by atoms with van der Waals surface area (Å²) in [6.07, 6.45) is 4.25. The molecule has 0 aromatic rings. The number of nitrogens with one attached hydrogen (secondary N) is 1. The molecule has 5 nitrogen and oxygen atoms in total. The van der Waals surface area contributed by atoms with E-state index in [2.05, 4.69) is 24.1 Å². The van der Waals surface area contributed by atoms with Gasteiger partial charge in [-0.3, -0.25) is 9.59 Å². The van der Waals surface area contributed by atoms with Gasteiger partial charge in [-0.25, -0.2) is 0 Å². The average molecular weight is 298 g/mol. The van der Waals surface area contributed by atoms with Crippen molar-refractivity contribution in [1.82, 2.24) is 10.2 Å². The van der Waals surface area contributed by atoms with Gasteiger partial charge in [0, 0.05) is 19.5 Å². The zero-order valence-electron chi connectivity index (χ0n) is 13.9. The van der Waals surface area contributed by atoms with Gasteiger partial charge < -0.3 is 15.3 Å². The molecule has 1 fully saturated rings. The zero-order chi connectivity index (χ0) is 16.1. The second kappa shape index (κ2) is 7.25. The Hall–Kier alpha value is -1.10. The molecule has 5 heteroatoms. The number of hydrogen-bond acceptors (Lipinski definition) is 3. The molecule has 21 heavy (non-hydrogen) atoms. The standard InChI is InChI=1S/C16H30N2O3/c1-15(2,12-18(3)4)11-17-13(19)10-16(14(20)21)8-6-5-7-9-16/h5-12H2,1-4H3,(H,17,19)(H,20,21). The molecular formula is C16H30N2O3. The van der Waals surface area contributed by atoms with Crippen LogP contribution in [0.5, 0.6) is 0 Å². The normalized spacial score (nSPS) is 18.5. The van der Waals surface area contributed by atoms with Crippen LogP contribution in [0, 0.1) is 10.8 Å². The van der Waals surface area contributed by atoms with E-state index in [1.165, 1.54) is 0 Å². The summed E-state index contributed by atoms with van der Waals surface area (Å²) in [4.78, 5) is 25.8. The number of hydrogen-bond donors (Lipinski definition) is 2. The van der Waals surface area contributed by atoms with Gasteiger partial charge in [0.1, 0.15) is 0 Å². The second-order valence-corrected chi connectivity index (χ2v) is 7.50. The van der Waals surface area contributed by atoms with Crippen LogP contribution in [0.4, 0.5) is 0 Å². The Balaban J connectivity index is 2.53. The van der Waals surface area contributed by atoms with Crippen LogP contribution in [0.3, 0.4) is 0 Å². The molecule has 0 saturated heterocycles. The van der Waals surface area contributed by atoms with Crippen molar-refractivity contribution < 1.29 is 14.7 Å². The van der Waals surface area contributed by atoms with Crippen molar-refractivity contribution in [1.29, 1.82) is 0 Å². The Morgan fingerprint density at radius 1 is 1.19 bits per heavy atom. The van der Waals surface area contributed by atoms with Crippen LogP contribution < -0.4 is 5.32 Å². The van der Waals surface area contributed by atoms with Gasteiger partial charge in [-0.15, -0.1) is 0 Å². The highest BCUT2D eigenvalue weighted by molar-refractivity contribution is 5.85. The molecule has 0 spiro atoms. The molecule has 1 amide bonds. The number of carbonyl (C=O) groups is 2. The molecule has 122 valence electrons. The van der Waals surface area contributed by atoms with Gasteiger partial charge in [-0.05, 0) is 32.4 Å². The minimum atomic E-state index is -0.839. The number of nitrogens with zero attached hydrogens (tertiary/aromatic N) is 1. The number of amides is 1. The maximum atomic E-state index is 12.2. The summed E-state index contributed by atoms with van der Waals surface area (Å²) < 4.78 is 0. The van der Waals surface area contributed by atoms with E-state index in [1.807, 2.05) is 14.1 Å². The highest BCUT2D eigenvalue weighted by Gasteiger charge is 2.41. The smallest absolute Gasteiger partial charge is 0.310 e. The third-order valence-corrected chi connectivity index (χ3v) is 4.27. The first-order chi connectivity index (χ1) is 9.67. The van der Waals surface area contributed by atoms with Gasteiger partial charge in [-0.1, -0.05) is 33.1 Å². The predicted molar refractivity (Wildman–Crippen MR) is 83.1 cm³/mol. The maximum absolute atomic E-state index is 12.2. The van der Waals surface area contributed by atoms with Gasteiger partial charge >= 0.3 is 5.97 Å². The molecule has 1 rings (SSSR count). The summed E-state index contributed by atoms with van der Waals surface area (Å²) >= 11 is 0.